The van der Waals surface area contributed by atoms with Crippen molar-refractivity contribution < 1.29 is 24.3 Å². The smallest absolute Gasteiger partial charge is 0.321 e. The van der Waals surface area contributed by atoms with Crippen LogP contribution >= 0.6 is 0 Å². The van der Waals surface area contributed by atoms with Gasteiger partial charge in [-0.3, -0.25) is 20.2 Å². The predicted molar refractivity (Wildman–Crippen MR) is 46.4 cm³/mol. The van der Waals surface area contributed by atoms with Crippen molar-refractivity contribution in [2.45, 2.75) is 0 Å². The molecule has 1 rings (SSSR count). The summed E-state index contributed by atoms with van der Waals surface area (Å²) in [6, 6.07) is -1.35. The highest BCUT2D eigenvalue weighted by Crippen LogP contribution is 1.73. The molecule has 0 atom stereocenters. The Morgan fingerprint density at radius 3 is 2.20 bits per heavy atom. The van der Waals surface area contributed by atoms with Gasteiger partial charge >= 0.3 is 12.1 Å². The van der Waals surface area contributed by atoms with E-state index in [4.69, 9.17) is 5.11 Å². The van der Waals surface area contributed by atoms with Gasteiger partial charge in [0.05, 0.1) is 6.54 Å². The Hall–Kier alpha value is -2.16. The first-order valence-corrected chi connectivity index (χ1v) is 3.73. The molecule has 0 unspecified atom stereocenters. The average molecular weight is 218 g/mol. The van der Waals surface area contributed by atoms with E-state index in [-0.39, 0.29) is 12.5 Å². The molecule has 6 N–H and O–H groups in total. The summed E-state index contributed by atoms with van der Waals surface area (Å²) >= 11 is 0. The van der Waals surface area contributed by atoms with Crippen LogP contribution in [-0.2, 0) is 9.59 Å². The molecule has 0 bridgehead atoms. The van der Waals surface area contributed by atoms with Gasteiger partial charge in [-0.15, -0.1) is 0 Å². The predicted octanol–water partition coefficient (Wildman–Crippen LogP) is -3.00. The van der Waals surface area contributed by atoms with Crippen molar-refractivity contribution in [2.24, 2.45) is 5.73 Å². The molecule has 84 valence electrons. The molecule has 1 saturated heterocycles. The Bertz CT molecular complexity index is 275. The first-order chi connectivity index (χ1) is 6.95. The van der Waals surface area contributed by atoms with Crippen LogP contribution in [0.15, 0.2) is 0 Å². The summed E-state index contributed by atoms with van der Waals surface area (Å²) in [6.07, 6.45) is 0. The second-order valence-electron chi connectivity index (χ2n) is 2.30. The fourth-order valence-corrected chi connectivity index (χ4v) is 0.553. The quantitative estimate of drug-likeness (QED) is 0.297. The molecule has 1 fully saturated rings. The van der Waals surface area contributed by atoms with Crippen LogP contribution in [0.4, 0.5) is 9.59 Å². The molecule has 6 amide bonds. The zero-order chi connectivity index (χ0) is 11.8. The van der Waals surface area contributed by atoms with Gasteiger partial charge in [0.15, 0.2) is 0 Å². The highest BCUT2D eigenvalue weighted by atomic mass is 16.3. The molecule has 0 spiro atoms. The van der Waals surface area contributed by atoms with E-state index in [9.17, 15) is 19.2 Å². The van der Waals surface area contributed by atoms with Gasteiger partial charge < -0.3 is 16.2 Å². The molecule has 15 heavy (non-hydrogen) atoms. The van der Waals surface area contributed by atoms with E-state index in [2.05, 4.69) is 11.1 Å². The molecule has 1 aliphatic rings. The Morgan fingerprint density at radius 1 is 1.47 bits per heavy atom. The second kappa shape index (κ2) is 6.32. The van der Waals surface area contributed by atoms with Crippen molar-refractivity contribution in [3.63, 3.8) is 0 Å². The summed E-state index contributed by atoms with van der Waals surface area (Å²) in [4.78, 5) is 39.8. The number of imide groups is 2. The minimum absolute atomic E-state index is 0.124. The molecule has 0 aromatic heterocycles. The number of amides is 6. The van der Waals surface area contributed by atoms with Crippen LogP contribution in [0.5, 0.6) is 0 Å². The Morgan fingerprint density at radius 2 is 2.07 bits per heavy atom. The van der Waals surface area contributed by atoms with Gasteiger partial charge in [0.1, 0.15) is 6.61 Å². The van der Waals surface area contributed by atoms with Crippen molar-refractivity contribution in [1.82, 2.24) is 16.0 Å². The number of nitrogens with two attached hydrogens (primary N) is 1. The average Bonchev–Trinajstić information content (AvgIpc) is 2.49. The molecule has 9 heteroatoms. The van der Waals surface area contributed by atoms with Crippen molar-refractivity contribution in [1.29, 1.82) is 0 Å². The molecule has 0 radical (unpaired) electrons. The third-order valence-corrected chi connectivity index (χ3v) is 1.07. The molecule has 0 aromatic carbocycles. The lowest BCUT2D eigenvalue weighted by Gasteiger charge is -1.92. The summed E-state index contributed by atoms with van der Waals surface area (Å²) in [5, 5.41) is 13.9. The van der Waals surface area contributed by atoms with E-state index in [0.717, 1.165) is 0 Å². The van der Waals surface area contributed by atoms with Crippen LogP contribution < -0.4 is 21.7 Å². The van der Waals surface area contributed by atoms with Gasteiger partial charge in [0, 0.05) is 0 Å². The summed E-state index contributed by atoms with van der Waals surface area (Å²) in [7, 11) is 0. The number of carbonyl (C=O) groups is 4. The lowest BCUT2D eigenvalue weighted by atomic mass is 10.6. The number of aliphatic hydroxyl groups excluding tert-OH is 1. The topological polar surface area (TPSA) is 151 Å². The number of primary amides is 1. The maximum Gasteiger partial charge on any atom is 0.321 e. The Labute approximate surface area is 84.0 Å². The van der Waals surface area contributed by atoms with Crippen LogP contribution in [0.1, 0.15) is 0 Å². The van der Waals surface area contributed by atoms with E-state index < -0.39 is 24.6 Å². The van der Waals surface area contributed by atoms with Gasteiger partial charge in [-0.25, -0.2) is 9.59 Å². The van der Waals surface area contributed by atoms with Gasteiger partial charge in [-0.2, -0.15) is 0 Å². The van der Waals surface area contributed by atoms with Gasteiger partial charge in [-0.1, -0.05) is 0 Å². The van der Waals surface area contributed by atoms with E-state index >= 15 is 0 Å². The molecule has 1 aliphatic heterocycles. The molecular weight excluding hydrogens is 208 g/mol. The standard InChI is InChI=1S/C3H6N2O3.C3H4N2O2/c4-3(8)5-2(7)1-6;6-2-1-4-3(7)5-2/h6H,1H2,(H3,4,5,7,8);1H2,(H2,4,5,6,7). The number of urea groups is 2. The molecule has 0 aliphatic carbocycles. The normalized spacial score (nSPS) is 13.1. The van der Waals surface area contributed by atoms with E-state index in [1.54, 1.807) is 5.32 Å². The molecule has 0 saturated carbocycles. The van der Waals surface area contributed by atoms with Crippen molar-refractivity contribution in [3.8, 4) is 0 Å². The summed E-state index contributed by atoms with van der Waals surface area (Å²) in [5.74, 6) is -1.05. The summed E-state index contributed by atoms with van der Waals surface area (Å²) in [6.45, 7) is -0.595. The molecule has 0 aromatic rings. The third-order valence-electron chi connectivity index (χ3n) is 1.07. The number of rotatable bonds is 1. The number of hydrogen-bond donors (Lipinski definition) is 5. The maximum absolute atomic E-state index is 10.1. The fraction of sp³-hybridized carbons (Fsp3) is 0.333. The van der Waals surface area contributed by atoms with E-state index in [1.807, 2.05) is 5.32 Å². The Kier molecular flexibility index (Phi) is 5.41. The SMILES string of the molecule is NC(=O)NC(=O)CO.O=C1CNC(=O)N1. The third kappa shape index (κ3) is 6.95. The number of aliphatic hydroxyl groups is 1. The second-order valence-corrected chi connectivity index (χ2v) is 2.30. The van der Waals surface area contributed by atoms with Crippen LogP contribution in [-0.4, -0.2) is 42.1 Å². The lowest BCUT2D eigenvalue weighted by molar-refractivity contribution is -0.122. The van der Waals surface area contributed by atoms with Crippen LogP contribution in [0.25, 0.3) is 0 Å². The summed E-state index contributed by atoms with van der Waals surface area (Å²) < 4.78 is 0. The van der Waals surface area contributed by atoms with E-state index in [1.165, 1.54) is 0 Å². The van der Waals surface area contributed by atoms with Crippen molar-refractivity contribution >= 4 is 23.9 Å². The number of hydrogen-bond acceptors (Lipinski definition) is 5. The molecule has 1 heterocycles. The minimum Gasteiger partial charge on any atom is -0.387 e. The monoisotopic (exact) mass is 218 g/mol. The van der Waals surface area contributed by atoms with Gasteiger partial charge in [0.2, 0.25) is 5.91 Å². The minimum atomic E-state index is -0.955. The van der Waals surface area contributed by atoms with Crippen molar-refractivity contribution in [3.05, 3.63) is 0 Å². The number of nitrogens with one attached hydrogen (secondary N) is 3. The van der Waals surface area contributed by atoms with Crippen LogP contribution in [0, 0.1) is 0 Å². The maximum atomic E-state index is 10.1. The summed E-state index contributed by atoms with van der Waals surface area (Å²) in [5.41, 5.74) is 4.49. The van der Waals surface area contributed by atoms with Gasteiger partial charge in [0.25, 0.3) is 5.91 Å². The zero-order valence-corrected chi connectivity index (χ0v) is 7.57. The first-order valence-electron chi connectivity index (χ1n) is 3.73. The van der Waals surface area contributed by atoms with E-state index in [0.29, 0.717) is 0 Å². The van der Waals surface area contributed by atoms with Crippen LogP contribution in [0.3, 0.4) is 0 Å². The van der Waals surface area contributed by atoms with Crippen LogP contribution in [0.2, 0.25) is 0 Å². The fourth-order valence-electron chi connectivity index (χ4n) is 0.553. The first kappa shape index (κ1) is 12.8. The van der Waals surface area contributed by atoms with Crippen molar-refractivity contribution in [2.75, 3.05) is 13.2 Å². The number of carbonyl (C=O) groups excluding carboxylic acids is 4. The Balaban J connectivity index is 0.000000262. The lowest BCUT2D eigenvalue weighted by Crippen LogP contribution is -2.36. The zero-order valence-electron chi connectivity index (χ0n) is 7.57. The molecule has 9 nitrogen and oxygen atoms in total. The highest BCUT2D eigenvalue weighted by molar-refractivity contribution is 6.01. The highest BCUT2D eigenvalue weighted by Gasteiger charge is 2.14. The van der Waals surface area contributed by atoms with Gasteiger partial charge in [-0.05, 0) is 0 Å². The molecular formula is C6H10N4O5. The largest absolute Gasteiger partial charge is 0.387 e.